The first-order chi connectivity index (χ1) is 7.84. The van der Waals surface area contributed by atoms with Crippen LogP contribution in [-0.2, 0) is 20.8 Å². The lowest BCUT2D eigenvalue weighted by molar-refractivity contribution is 0.580. The van der Waals surface area contributed by atoms with Gasteiger partial charge < -0.3 is 0 Å². The van der Waals surface area contributed by atoms with Gasteiger partial charge in [-0.25, -0.2) is 13.1 Å². The Morgan fingerprint density at radius 3 is 2.76 bits per heavy atom. The summed E-state index contributed by atoms with van der Waals surface area (Å²) >= 11 is 5.77. The Balaban J connectivity index is 2.84. The van der Waals surface area contributed by atoms with Gasteiger partial charge in [0.05, 0.1) is 5.02 Å². The molecule has 1 N–H and O–H groups in total. The van der Waals surface area contributed by atoms with Gasteiger partial charge in [0.1, 0.15) is 4.90 Å². The zero-order valence-corrected chi connectivity index (χ0v) is 11.8. The Morgan fingerprint density at radius 2 is 2.24 bits per heavy atom. The van der Waals surface area contributed by atoms with Gasteiger partial charge in [-0.2, -0.15) is 0 Å². The predicted octanol–water partition coefficient (Wildman–Crippen LogP) is 0.780. The van der Waals surface area contributed by atoms with Gasteiger partial charge in [0.25, 0.3) is 0 Å². The molecular weight excluding hydrogens is 284 g/mol. The molecule has 0 radical (unpaired) electrons. The second-order valence-electron chi connectivity index (χ2n) is 3.47. The van der Waals surface area contributed by atoms with Crippen LogP contribution in [-0.4, -0.2) is 35.7 Å². The van der Waals surface area contributed by atoms with E-state index in [2.05, 4.69) is 9.71 Å². The Bertz CT molecular complexity index is 519. The van der Waals surface area contributed by atoms with Crippen LogP contribution in [0.25, 0.3) is 0 Å². The number of pyridine rings is 1. The topological polar surface area (TPSA) is 76.1 Å². The smallest absolute Gasteiger partial charge is 0.243 e. The van der Waals surface area contributed by atoms with Gasteiger partial charge >= 0.3 is 0 Å². The number of nitrogens with one attached hydrogen (secondary N) is 1. The van der Waals surface area contributed by atoms with E-state index in [4.69, 9.17) is 11.6 Å². The summed E-state index contributed by atoms with van der Waals surface area (Å²) in [6, 6.07) is 1.40. The molecule has 0 aliphatic rings. The highest BCUT2D eigenvalue weighted by Crippen LogP contribution is 2.18. The van der Waals surface area contributed by atoms with Crippen molar-refractivity contribution >= 4 is 32.4 Å². The molecule has 0 aromatic carbocycles. The molecule has 8 heteroatoms. The van der Waals surface area contributed by atoms with Crippen LogP contribution in [0.2, 0.25) is 5.02 Å². The molecule has 1 heterocycles. The number of sulfonamides is 1. The van der Waals surface area contributed by atoms with E-state index in [0.717, 1.165) is 0 Å². The molecule has 2 atom stereocenters. The normalized spacial score (nSPS) is 15.5. The average molecular weight is 297 g/mol. The molecule has 0 saturated heterocycles. The second-order valence-corrected chi connectivity index (χ2v) is 7.41. The molecule has 0 aliphatic carbocycles. The average Bonchev–Trinajstić information content (AvgIpc) is 2.26. The third kappa shape index (κ3) is 4.02. The van der Waals surface area contributed by atoms with E-state index in [0.29, 0.717) is 0 Å². The summed E-state index contributed by atoms with van der Waals surface area (Å²) in [5.41, 5.74) is 0. The van der Waals surface area contributed by atoms with Crippen molar-refractivity contribution in [3.63, 3.8) is 0 Å². The van der Waals surface area contributed by atoms with E-state index in [1.54, 1.807) is 6.92 Å². The number of rotatable bonds is 5. The summed E-state index contributed by atoms with van der Waals surface area (Å²) in [6.07, 6.45) is 4.11. The molecule has 1 rings (SSSR count). The highest BCUT2D eigenvalue weighted by Gasteiger charge is 2.19. The van der Waals surface area contributed by atoms with E-state index in [-0.39, 0.29) is 21.7 Å². The first-order valence-corrected chi connectivity index (χ1v) is 8.24. The van der Waals surface area contributed by atoms with Crippen LogP contribution in [0.3, 0.4) is 0 Å². The maximum Gasteiger partial charge on any atom is 0.243 e. The van der Waals surface area contributed by atoms with E-state index >= 15 is 0 Å². The maximum absolute atomic E-state index is 11.8. The first kappa shape index (κ1) is 14.6. The summed E-state index contributed by atoms with van der Waals surface area (Å²) in [5, 5.41) is -0.155. The molecule has 0 spiro atoms. The van der Waals surface area contributed by atoms with Crippen LogP contribution in [0.5, 0.6) is 0 Å². The lowest BCUT2D eigenvalue weighted by Gasteiger charge is -2.11. The van der Waals surface area contributed by atoms with E-state index in [1.165, 1.54) is 24.7 Å². The number of aromatic nitrogens is 1. The van der Waals surface area contributed by atoms with Gasteiger partial charge in [0, 0.05) is 41.2 Å². The monoisotopic (exact) mass is 296 g/mol. The van der Waals surface area contributed by atoms with Gasteiger partial charge in [0.2, 0.25) is 10.0 Å². The molecule has 17 heavy (non-hydrogen) atoms. The largest absolute Gasteiger partial charge is 0.263 e. The van der Waals surface area contributed by atoms with Crippen molar-refractivity contribution in [3.8, 4) is 0 Å². The van der Waals surface area contributed by atoms with Gasteiger partial charge in [-0.15, -0.1) is 0 Å². The van der Waals surface area contributed by atoms with Crippen molar-refractivity contribution in [1.29, 1.82) is 0 Å². The summed E-state index contributed by atoms with van der Waals surface area (Å²) in [4.78, 5) is 3.64. The number of nitrogens with zero attached hydrogens (tertiary/aromatic N) is 1. The Kier molecular flexibility index (Phi) is 5.05. The van der Waals surface area contributed by atoms with Gasteiger partial charge in [0.15, 0.2) is 0 Å². The maximum atomic E-state index is 11.8. The molecule has 0 aliphatic heterocycles. The number of hydrogen-bond acceptors (Lipinski definition) is 4. The fourth-order valence-corrected chi connectivity index (χ4v) is 2.97. The summed E-state index contributed by atoms with van der Waals surface area (Å²) in [7, 11) is -4.78. The minimum Gasteiger partial charge on any atom is -0.263 e. The first-order valence-electron chi connectivity index (χ1n) is 4.76. The molecule has 0 saturated carbocycles. The van der Waals surface area contributed by atoms with E-state index in [1.807, 2.05) is 0 Å². The highest BCUT2D eigenvalue weighted by atomic mass is 35.5. The standard InChI is InChI=1S/C9H13ClN2O3S2/c1-7(16(2)13)5-12-17(14,15)9-6-11-4-3-8(9)10/h3-4,6-7,12H,5H2,1-2H3. The van der Waals surface area contributed by atoms with E-state index in [9.17, 15) is 12.6 Å². The van der Waals surface area contributed by atoms with Crippen LogP contribution in [0.15, 0.2) is 23.4 Å². The lowest BCUT2D eigenvalue weighted by Crippen LogP contribution is -2.32. The van der Waals surface area contributed by atoms with Crippen molar-refractivity contribution in [3.05, 3.63) is 23.5 Å². The van der Waals surface area contributed by atoms with Crippen LogP contribution < -0.4 is 4.72 Å². The summed E-state index contributed by atoms with van der Waals surface area (Å²) in [5.74, 6) is 0. The fourth-order valence-electron chi connectivity index (χ4n) is 0.983. The van der Waals surface area contributed by atoms with Crippen molar-refractivity contribution in [2.24, 2.45) is 0 Å². The minimum atomic E-state index is -3.70. The van der Waals surface area contributed by atoms with Crippen LogP contribution in [0, 0.1) is 0 Å². The molecule has 0 bridgehead atoms. The van der Waals surface area contributed by atoms with Crippen LogP contribution in [0.1, 0.15) is 6.92 Å². The van der Waals surface area contributed by atoms with Crippen LogP contribution >= 0.6 is 11.6 Å². The molecule has 0 amide bonds. The van der Waals surface area contributed by atoms with E-state index < -0.39 is 20.8 Å². The lowest BCUT2D eigenvalue weighted by atomic mass is 10.5. The van der Waals surface area contributed by atoms with Gasteiger partial charge in [-0.05, 0) is 13.0 Å². The molecular formula is C9H13ClN2O3S2. The molecule has 5 nitrogen and oxygen atoms in total. The number of hydrogen-bond donors (Lipinski definition) is 1. The van der Waals surface area contributed by atoms with Crippen LogP contribution in [0.4, 0.5) is 0 Å². The van der Waals surface area contributed by atoms with Crippen molar-refractivity contribution in [2.75, 3.05) is 12.8 Å². The van der Waals surface area contributed by atoms with Crippen molar-refractivity contribution in [2.45, 2.75) is 17.1 Å². The number of halogens is 1. The quantitative estimate of drug-likeness (QED) is 0.871. The highest BCUT2D eigenvalue weighted by molar-refractivity contribution is 7.89. The third-order valence-corrected chi connectivity index (χ3v) is 5.34. The zero-order chi connectivity index (χ0) is 13.1. The summed E-state index contributed by atoms with van der Waals surface area (Å²) in [6.45, 7) is 1.79. The Hall–Kier alpha value is -0.500. The minimum absolute atomic E-state index is 0.0734. The fraction of sp³-hybridized carbons (Fsp3) is 0.444. The van der Waals surface area contributed by atoms with Gasteiger partial charge in [-0.1, -0.05) is 11.6 Å². The van der Waals surface area contributed by atoms with Crippen molar-refractivity contribution in [1.82, 2.24) is 9.71 Å². The molecule has 0 fully saturated rings. The predicted molar refractivity (Wildman–Crippen MR) is 68.0 cm³/mol. The SMILES string of the molecule is CC(CNS(=O)(=O)c1cnccc1Cl)S(C)=O. The van der Waals surface area contributed by atoms with Crippen molar-refractivity contribution < 1.29 is 12.6 Å². The second kappa shape index (κ2) is 5.90. The molecule has 1 aromatic heterocycles. The third-order valence-electron chi connectivity index (χ3n) is 2.15. The molecule has 1 aromatic rings. The summed E-state index contributed by atoms with van der Waals surface area (Å²) < 4.78 is 37.1. The molecule has 96 valence electrons. The van der Waals surface area contributed by atoms with Gasteiger partial charge in [-0.3, -0.25) is 9.19 Å². The Labute approximate surface area is 108 Å². The molecule has 2 unspecified atom stereocenters. The zero-order valence-electron chi connectivity index (χ0n) is 9.38. The Morgan fingerprint density at radius 1 is 1.59 bits per heavy atom.